The van der Waals surface area contributed by atoms with Gasteiger partial charge in [0, 0.05) is 44.4 Å². The Morgan fingerprint density at radius 2 is 1.65 bits per heavy atom. The molecule has 180 valence electrons. The van der Waals surface area contributed by atoms with E-state index in [9.17, 15) is 29.8 Å². The third-order valence-corrected chi connectivity index (χ3v) is 5.95. The second kappa shape index (κ2) is 10.5. The van der Waals surface area contributed by atoms with E-state index in [1.807, 2.05) is 4.90 Å². The maximum atomic E-state index is 13.2. The number of nitro benzene ring substituents is 2. The Labute approximate surface area is 200 Å². The van der Waals surface area contributed by atoms with Gasteiger partial charge in [-0.15, -0.1) is 0 Å². The van der Waals surface area contributed by atoms with Crippen LogP contribution in [-0.4, -0.2) is 58.8 Å². The minimum Gasteiger partial charge on any atom is -0.362 e. The number of hydrogen-bond acceptors (Lipinski definition) is 7. The van der Waals surface area contributed by atoms with Crippen molar-refractivity contribution in [2.75, 3.05) is 31.1 Å². The van der Waals surface area contributed by atoms with Crippen LogP contribution >= 0.6 is 11.6 Å². The van der Waals surface area contributed by atoms with E-state index in [-0.39, 0.29) is 33.8 Å². The Hall–Kier alpha value is -3.73. The highest BCUT2D eigenvalue weighted by molar-refractivity contribution is 6.34. The number of anilines is 1. The van der Waals surface area contributed by atoms with Crippen molar-refractivity contribution in [3.8, 4) is 0 Å². The highest BCUT2D eigenvalue weighted by Gasteiger charge is 2.32. The van der Waals surface area contributed by atoms with Gasteiger partial charge in [-0.2, -0.15) is 0 Å². The third kappa shape index (κ3) is 5.42. The van der Waals surface area contributed by atoms with Gasteiger partial charge in [-0.05, 0) is 18.1 Å². The van der Waals surface area contributed by atoms with Crippen molar-refractivity contribution in [3.05, 3.63) is 73.3 Å². The molecule has 12 heteroatoms. The number of halogens is 1. The van der Waals surface area contributed by atoms with Gasteiger partial charge >= 0.3 is 0 Å². The molecule has 0 radical (unpaired) electrons. The molecule has 34 heavy (non-hydrogen) atoms. The van der Waals surface area contributed by atoms with Gasteiger partial charge in [-0.25, -0.2) is 0 Å². The summed E-state index contributed by atoms with van der Waals surface area (Å²) in [5.41, 5.74) is 0.303. The van der Waals surface area contributed by atoms with Gasteiger partial charge in [-0.3, -0.25) is 29.8 Å². The van der Waals surface area contributed by atoms with Gasteiger partial charge in [0.15, 0.2) is 0 Å². The smallest absolute Gasteiger partial charge is 0.292 e. The minimum atomic E-state index is -0.837. The number of piperazine rings is 1. The lowest BCUT2D eigenvalue weighted by molar-refractivity contribution is -0.384. The zero-order valence-electron chi connectivity index (χ0n) is 18.6. The van der Waals surface area contributed by atoms with E-state index in [4.69, 9.17) is 11.6 Å². The van der Waals surface area contributed by atoms with Crippen LogP contribution in [0.4, 0.5) is 17.1 Å². The number of carbonyl (C=O) groups excluding carboxylic acids is 2. The predicted octanol–water partition coefficient (Wildman–Crippen LogP) is 3.26. The average molecular weight is 490 g/mol. The number of amides is 2. The van der Waals surface area contributed by atoms with Gasteiger partial charge < -0.3 is 15.1 Å². The average Bonchev–Trinajstić information content (AvgIpc) is 2.81. The Balaban J connectivity index is 1.69. The van der Waals surface area contributed by atoms with Crippen molar-refractivity contribution in [3.63, 3.8) is 0 Å². The molecule has 2 amide bonds. The number of hydrogen-bond donors (Lipinski definition) is 1. The van der Waals surface area contributed by atoms with Crippen LogP contribution in [0.5, 0.6) is 0 Å². The van der Waals surface area contributed by atoms with E-state index in [0.29, 0.717) is 31.9 Å². The number of rotatable bonds is 7. The zero-order chi connectivity index (χ0) is 25.0. The molecule has 2 aromatic carbocycles. The molecule has 0 aliphatic carbocycles. The van der Waals surface area contributed by atoms with Gasteiger partial charge in [-0.1, -0.05) is 37.6 Å². The molecule has 1 fully saturated rings. The Morgan fingerprint density at radius 1 is 1.00 bits per heavy atom. The lowest BCUT2D eigenvalue weighted by Gasteiger charge is -2.38. The summed E-state index contributed by atoms with van der Waals surface area (Å²) in [4.78, 5) is 50.7. The van der Waals surface area contributed by atoms with E-state index in [1.54, 1.807) is 36.9 Å². The van der Waals surface area contributed by atoms with Crippen molar-refractivity contribution < 1.29 is 19.4 Å². The maximum Gasteiger partial charge on any atom is 0.292 e. The number of nitrogens with zero attached hydrogens (tertiary/aromatic N) is 4. The molecule has 1 aliphatic heterocycles. The summed E-state index contributed by atoms with van der Waals surface area (Å²) >= 11 is 6.05. The fourth-order valence-corrected chi connectivity index (χ4v) is 4.05. The van der Waals surface area contributed by atoms with Crippen molar-refractivity contribution in [1.82, 2.24) is 10.2 Å². The highest BCUT2D eigenvalue weighted by atomic mass is 35.5. The molecule has 1 unspecified atom stereocenters. The normalized spacial score (nSPS) is 14.6. The lowest BCUT2D eigenvalue weighted by Crippen LogP contribution is -2.56. The fourth-order valence-electron chi connectivity index (χ4n) is 3.78. The van der Waals surface area contributed by atoms with Crippen molar-refractivity contribution >= 4 is 40.5 Å². The molecular weight excluding hydrogens is 466 g/mol. The Bertz CT molecular complexity index is 1120. The van der Waals surface area contributed by atoms with Crippen LogP contribution in [0, 0.1) is 26.1 Å². The number of nitro groups is 2. The third-order valence-electron chi connectivity index (χ3n) is 5.64. The van der Waals surface area contributed by atoms with Gasteiger partial charge in [0.05, 0.1) is 20.4 Å². The van der Waals surface area contributed by atoms with Crippen LogP contribution in [0.3, 0.4) is 0 Å². The summed E-state index contributed by atoms with van der Waals surface area (Å²) in [6, 6.07) is 9.14. The second-order valence-corrected chi connectivity index (χ2v) is 8.58. The molecule has 1 N–H and O–H groups in total. The highest BCUT2D eigenvalue weighted by Crippen LogP contribution is 2.28. The van der Waals surface area contributed by atoms with E-state index in [2.05, 4.69) is 5.32 Å². The van der Waals surface area contributed by atoms with E-state index >= 15 is 0 Å². The summed E-state index contributed by atoms with van der Waals surface area (Å²) in [6.45, 7) is 5.07. The topological polar surface area (TPSA) is 139 Å². The van der Waals surface area contributed by atoms with E-state index in [1.165, 1.54) is 18.2 Å². The number of carbonyl (C=O) groups is 2. The molecule has 0 spiro atoms. The van der Waals surface area contributed by atoms with Crippen molar-refractivity contribution in [1.29, 1.82) is 0 Å². The molecule has 1 aliphatic rings. The first-order valence-corrected chi connectivity index (χ1v) is 11.0. The molecule has 0 bridgehead atoms. The number of non-ortho nitro benzene ring substituents is 1. The first kappa shape index (κ1) is 24.9. The predicted molar refractivity (Wildman–Crippen MR) is 126 cm³/mol. The first-order chi connectivity index (χ1) is 16.1. The van der Waals surface area contributed by atoms with Crippen LogP contribution in [0.15, 0.2) is 42.5 Å². The standard InChI is InChI=1S/C22H24ClN5O6/c1-14(2)20(24-21(29)16-8-7-15(27(31)32)13-17(16)23)22(30)26-11-9-25(10-12-26)18-5-3-4-6-19(18)28(33)34/h3-8,13-14,20H,9-12H2,1-2H3,(H,24,29). The summed E-state index contributed by atoms with van der Waals surface area (Å²) in [5, 5.41) is 24.8. The minimum absolute atomic E-state index is 0.00886. The van der Waals surface area contributed by atoms with Crippen molar-refractivity contribution in [2.24, 2.45) is 5.92 Å². The second-order valence-electron chi connectivity index (χ2n) is 8.17. The van der Waals surface area contributed by atoms with Crippen LogP contribution in [0.2, 0.25) is 5.02 Å². The molecule has 0 aromatic heterocycles. The number of benzene rings is 2. The molecule has 3 rings (SSSR count). The lowest BCUT2D eigenvalue weighted by atomic mass is 10.0. The number of para-hydroxylation sites is 2. The summed E-state index contributed by atoms with van der Waals surface area (Å²) in [7, 11) is 0. The van der Waals surface area contributed by atoms with Crippen LogP contribution < -0.4 is 10.2 Å². The van der Waals surface area contributed by atoms with Crippen molar-refractivity contribution in [2.45, 2.75) is 19.9 Å². The van der Waals surface area contributed by atoms with Crippen LogP contribution in [0.1, 0.15) is 24.2 Å². The molecule has 11 nitrogen and oxygen atoms in total. The molecular formula is C22H24ClN5O6. The monoisotopic (exact) mass is 489 g/mol. The maximum absolute atomic E-state index is 13.2. The fraction of sp³-hybridized carbons (Fsp3) is 0.364. The van der Waals surface area contributed by atoms with Gasteiger partial charge in [0.1, 0.15) is 11.7 Å². The largest absolute Gasteiger partial charge is 0.362 e. The van der Waals surface area contributed by atoms with Crippen LogP contribution in [0.25, 0.3) is 0 Å². The van der Waals surface area contributed by atoms with E-state index in [0.717, 1.165) is 6.07 Å². The first-order valence-electron chi connectivity index (χ1n) is 10.6. The molecule has 1 saturated heterocycles. The Kier molecular flexibility index (Phi) is 7.67. The Morgan fingerprint density at radius 3 is 2.21 bits per heavy atom. The molecule has 1 heterocycles. The summed E-state index contributed by atoms with van der Waals surface area (Å²) in [6.07, 6.45) is 0. The molecule has 1 atom stereocenters. The van der Waals surface area contributed by atoms with Gasteiger partial charge in [0.25, 0.3) is 17.3 Å². The summed E-state index contributed by atoms with van der Waals surface area (Å²) in [5.74, 6) is -1.12. The van der Waals surface area contributed by atoms with Gasteiger partial charge in [0.2, 0.25) is 5.91 Å². The van der Waals surface area contributed by atoms with E-state index < -0.39 is 21.8 Å². The number of nitrogens with one attached hydrogen (secondary N) is 1. The van der Waals surface area contributed by atoms with Crippen LogP contribution in [-0.2, 0) is 4.79 Å². The SMILES string of the molecule is CC(C)C(NC(=O)c1ccc([N+](=O)[O-])cc1Cl)C(=O)N1CCN(c2ccccc2[N+](=O)[O-])CC1. The molecule has 0 saturated carbocycles. The summed E-state index contributed by atoms with van der Waals surface area (Å²) < 4.78 is 0. The molecule has 2 aromatic rings. The quantitative estimate of drug-likeness (QED) is 0.465. The zero-order valence-corrected chi connectivity index (χ0v) is 19.4.